The van der Waals surface area contributed by atoms with Crippen molar-refractivity contribution in [1.82, 2.24) is 0 Å². The summed E-state index contributed by atoms with van der Waals surface area (Å²) in [5.41, 5.74) is 13.9. The first-order valence-electron chi connectivity index (χ1n) is 25.0. The van der Waals surface area contributed by atoms with E-state index in [-0.39, 0.29) is 0 Å². The van der Waals surface area contributed by atoms with Gasteiger partial charge >= 0.3 is 0 Å². The zero-order valence-electron chi connectivity index (χ0n) is 39.9. The minimum absolute atomic E-state index is 0.377. The third-order valence-corrected chi connectivity index (χ3v) is 14.6. The molecule has 11 aromatic rings. The summed E-state index contributed by atoms with van der Waals surface area (Å²) in [6.07, 6.45) is 20.6. The average Bonchev–Trinajstić information content (AvgIpc) is 3.44. The van der Waals surface area contributed by atoms with Gasteiger partial charge in [-0.15, -0.1) is 0 Å². The Hall–Kier alpha value is -9.24. The SMILES string of the molecule is C=CC=Cc1cccc(N(C2=CCC3C=CC=CC3=C2)c2ccc3c(-c4cccc5ccccc45)c4cc(N(c5ccc6ccccc6c5)c5ccc6ccccc6c5)ccc4c(-c4ccccc4)c3c2)c1. The maximum absolute atomic E-state index is 3.95. The van der Waals surface area contributed by atoms with E-state index < -0.39 is 0 Å². The largest absolute Gasteiger partial charge is 0.311 e. The number of hydrogen-bond donors (Lipinski definition) is 0. The standard InChI is InChI=1S/C70H50N2/c1-2-3-17-48-18-15-29-57(42-48)71(58-35-32-49-19-7-10-25-54(49)43-58)61-39-41-66-67(46-61)69(53-23-5-4-6-24-53)65-40-38-62(47-68(65)70(66)64-31-16-28-52-22-13-14-30-63(52)64)72(59-36-33-50-20-8-11-26-55(50)44-59)60-37-34-51-21-9-12-27-56(51)45-60/h2-31,33-47,49H,1,32H2. The summed E-state index contributed by atoms with van der Waals surface area (Å²) < 4.78 is 0. The van der Waals surface area contributed by atoms with Crippen molar-refractivity contribution in [2.24, 2.45) is 5.92 Å². The van der Waals surface area contributed by atoms with Gasteiger partial charge in [-0.2, -0.15) is 0 Å². The monoisotopic (exact) mass is 918 g/mol. The van der Waals surface area contributed by atoms with Crippen LogP contribution < -0.4 is 9.80 Å². The molecule has 0 amide bonds. The van der Waals surface area contributed by atoms with Crippen LogP contribution in [0, 0.1) is 5.92 Å². The van der Waals surface area contributed by atoms with E-state index in [0.717, 1.165) is 46.1 Å². The molecule has 13 rings (SSSR count). The first-order chi connectivity index (χ1) is 35.6. The highest BCUT2D eigenvalue weighted by Crippen LogP contribution is 2.50. The lowest BCUT2D eigenvalue weighted by Crippen LogP contribution is -2.19. The minimum atomic E-state index is 0.377. The topological polar surface area (TPSA) is 6.48 Å². The van der Waals surface area contributed by atoms with Crippen LogP contribution in [-0.2, 0) is 0 Å². The van der Waals surface area contributed by atoms with Gasteiger partial charge in [-0.3, -0.25) is 0 Å². The number of benzene rings is 11. The fourth-order valence-electron chi connectivity index (χ4n) is 11.2. The van der Waals surface area contributed by atoms with Gasteiger partial charge in [0.1, 0.15) is 0 Å². The van der Waals surface area contributed by atoms with Crippen molar-refractivity contribution in [3.05, 3.63) is 290 Å². The van der Waals surface area contributed by atoms with E-state index in [4.69, 9.17) is 0 Å². The van der Waals surface area contributed by atoms with Gasteiger partial charge in [-0.1, -0.05) is 213 Å². The number of rotatable bonds is 10. The van der Waals surface area contributed by atoms with Gasteiger partial charge in [0, 0.05) is 40.1 Å². The lowest BCUT2D eigenvalue weighted by Gasteiger charge is -2.31. The summed E-state index contributed by atoms with van der Waals surface area (Å²) >= 11 is 0. The van der Waals surface area contributed by atoms with E-state index in [1.54, 1.807) is 0 Å². The van der Waals surface area contributed by atoms with Gasteiger partial charge in [0.15, 0.2) is 0 Å². The normalized spacial score (nSPS) is 14.2. The molecule has 2 nitrogen and oxygen atoms in total. The summed E-state index contributed by atoms with van der Waals surface area (Å²) in [4.78, 5) is 4.88. The number of anilines is 5. The number of hydrogen-bond acceptors (Lipinski definition) is 2. The lowest BCUT2D eigenvalue weighted by atomic mass is 9.84. The van der Waals surface area contributed by atoms with E-state index in [1.807, 2.05) is 12.2 Å². The molecular formula is C70H50N2. The van der Waals surface area contributed by atoms with Crippen molar-refractivity contribution in [3.8, 4) is 22.3 Å². The number of allylic oxidation sites excluding steroid dienone is 9. The van der Waals surface area contributed by atoms with Crippen LogP contribution in [0.4, 0.5) is 28.4 Å². The van der Waals surface area contributed by atoms with Crippen LogP contribution in [-0.4, -0.2) is 0 Å². The van der Waals surface area contributed by atoms with Crippen LogP contribution in [0.3, 0.4) is 0 Å². The average molecular weight is 919 g/mol. The second kappa shape index (κ2) is 18.3. The fraction of sp³-hybridized carbons (Fsp3) is 0.0286. The Morgan fingerprint density at radius 2 is 1.01 bits per heavy atom. The summed E-state index contributed by atoms with van der Waals surface area (Å²) in [7, 11) is 0. The van der Waals surface area contributed by atoms with Gasteiger partial charge in [0.05, 0.1) is 0 Å². The van der Waals surface area contributed by atoms with Crippen molar-refractivity contribution in [1.29, 1.82) is 0 Å². The van der Waals surface area contributed by atoms with Crippen molar-refractivity contribution >= 4 is 88.4 Å². The fourth-order valence-corrected chi connectivity index (χ4v) is 11.2. The Balaban J connectivity index is 1.11. The number of fused-ring (bicyclic) bond motifs is 6. The van der Waals surface area contributed by atoms with Crippen molar-refractivity contribution < 1.29 is 0 Å². The molecule has 0 saturated carbocycles. The zero-order chi connectivity index (χ0) is 48.0. The molecular weight excluding hydrogens is 869 g/mol. The predicted octanol–water partition coefficient (Wildman–Crippen LogP) is 19.5. The van der Waals surface area contributed by atoms with E-state index in [1.165, 1.54) is 81.7 Å². The molecule has 0 aromatic heterocycles. The molecule has 1 atom stereocenters. The Bertz CT molecular complexity index is 4020. The van der Waals surface area contributed by atoms with Gasteiger partial charge in [-0.05, 0) is 160 Å². The molecule has 0 saturated heterocycles. The number of nitrogens with zero attached hydrogens (tertiary/aromatic N) is 2. The molecule has 11 aromatic carbocycles. The van der Waals surface area contributed by atoms with Crippen LogP contribution in [0.5, 0.6) is 0 Å². The van der Waals surface area contributed by atoms with E-state index >= 15 is 0 Å². The van der Waals surface area contributed by atoms with Gasteiger partial charge in [0.25, 0.3) is 0 Å². The van der Waals surface area contributed by atoms with Crippen LogP contribution >= 0.6 is 0 Å². The Kier molecular flexibility index (Phi) is 10.9. The first-order valence-corrected chi connectivity index (χ1v) is 25.0. The van der Waals surface area contributed by atoms with E-state index in [0.29, 0.717) is 5.92 Å². The highest BCUT2D eigenvalue weighted by atomic mass is 15.2. The molecule has 0 bridgehead atoms. The molecule has 0 fully saturated rings. The zero-order valence-corrected chi connectivity index (χ0v) is 39.9. The summed E-state index contributed by atoms with van der Waals surface area (Å²) in [6.45, 7) is 3.95. The summed E-state index contributed by atoms with van der Waals surface area (Å²) in [6, 6.07) is 80.7. The second-order valence-corrected chi connectivity index (χ2v) is 18.9. The third-order valence-electron chi connectivity index (χ3n) is 14.6. The highest BCUT2D eigenvalue weighted by molar-refractivity contribution is 6.24. The molecule has 2 aliphatic rings. The molecule has 0 spiro atoms. The second-order valence-electron chi connectivity index (χ2n) is 18.9. The first kappa shape index (κ1) is 42.8. The maximum Gasteiger partial charge on any atom is 0.0468 e. The highest BCUT2D eigenvalue weighted by Gasteiger charge is 2.25. The summed E-state index contributed by atoms with van der Waals surface area (Å²) in [5, 5.41) is 12.0. The van der Waals surface area contributed by atoms with Crippen LogP contribution in [0.2, 0.25) is 0 Å². The molecule has 0 aliphatic heterocycles. The van der Waals surface area contributed by atoms with Crippen LogP contribution in [0.1, 0.15) is 12.0 Å². The van der Waals surface area contributed by atoms with Gasteiger partial charge < -0.3 is 9.80 Å². The molecule has 1 unspecified atom stereocenters. The molecule has 340 valence electrons. The quantitative estimate of drug-likeness (QED) is 0.0996. The Morgan fingerprint density at radius 3 is 1.75 bits per heavy atom. The van der Waals surface area contributed by atoms with E-state index in [9.17, 15) is 0 Å². The molecule has 0 radical (unpaired) electrons. The molecule has 2 aliphatic carbocycles. The Labute approximate surface area is 421 Å². The molecule has 0 heterocycles. The Morgan fingerprint density at radius 1 is 0.431 bits per heavy atom. The smallest absolute Gasteiger partial charge is 0.0468 e. The van der Waals surface area contributed by atoms with Gasteiger partial charge in [-0.25, -0.2) is 0 Å². The van der Waals surface area contributed by atoms with Crippen LogP contribution in [0.25, 0.3) is 82.2 Å². The molecule has 2 heteroatoms. The molecule has 0 N–H and O–H groups in total. The van der Waals surface area contributed by atoms with Crippen LogP contribution in [0.15, 0.2) is 285 Å². The third kappa shape index (κ3) is 7.71. The maximum atomic E-state index is 3.95. The summed E-state index contributed by atoms with van der Waals surface area (Å²) in [5.74, 6) is 0.377. The van der Waals surface area contributed by atoms with Crippen molar-refractivity contribution in [3.63, 3.8) is 0 Å². The van der Waals surface area contributed by atoms with Gasteiger partial charge in [0.2, 0.25) is 0 Å². The van der Waals surface area contributed by atoms with E-state index in [2.05, 4.69) is 277 Å². The predicted molar refractivity (Wildman–Crippen MR) is 310 cm³/mol. The van der Waals surface area contributed by atoms with Crippen molar-refractivity contribution in [2.75, 3.05) is 9.80 Å². The molecule has 72 heavy (non-hydrogen) atoms. The van der Waals surface area contributed by atoms with Crippen molar-refractivity contribution in [2.45, 2.75) is 6.42 Å². The minimum Gasteiger partial charge on any atom is -0.311 e. The lowest BCUT2D eigenvalue weighted by molar-refractivity contribution is 0.768.